The number of hydrogen-bond acceptors (Lipinski definition) is 12. The predicted molar refractivity (Wildman–Crippen MR) is 174 cm³/mol. The molecule has 1 aliphatic rings. The Morgan fingerprint density at radius 3 is 2.23 bits per heavy atom. The van der Waals surface area contributed by atoms with Gasteiger partial charge in [-0.1, -0.05) is 40.6 Å². The Balaban J connectivity index is 1.82. The van der Waals surface area contributed by atoms with E-state index in [2.05, 4.69) is 9.73 Å². The highest BCUT2D eigenvalue weighted by Gasteiger charge is 2.34. The van der Waals surface area contributed by atoms with Gasteiger partial charge in [-0.15, -0.1) is 0 Å². The van der Waals surface area contributed by atoms with Gasteiger partial charge in [0.25, 0.3) is 5.56 Å². The highest BCUT2D eigenvalue weighted by molar-refractivity contribution is 7.07. The van der Waals surface area contributed by atoms with Crippen molar-refractivity contribution in [1.82, 2.24) is 4.57 Å². The van der Waals surface area contributed by atoms with Crippen LogP contribution in [0.4, 0.5) is 0 Å². The third-order valence-electron chi connectivity index (χ3n) is 6.63. The number of carbonyl (C=O) groups excluding carboxylic acids is 3. The van der Waals surface area contributed by atoms with Crippen LogP contribution in [0.1, 0.15) is 44.9 Å². The Morgan fingerprint density at radius 1 is 0.915 bits per heavy atom. The number of hydrogen-bond donors (Lipinski definition) is 0. The number of methoxy groups -OCH3 is 1. The average Bonchev–Trinajstić information content (AvgIpc) is 3.33. The number of rotatable bonds is 13. The molecule has 0 saturated heterocycles. The Bertz CT molecular complexity index is 1880. The highest BCUT2D eigenvalue weighted by Crippen LogP contribution is 2.37. The van der Waals surface area contributed by atoms with E-state index in [0.717, 1.165) is 11.3 Å². The Morgan fingerprint density at radius 2 is 1.60 bits per heavy atom. The summed E-state index contributed by atoms with van der Waals surface area (Å²) in [7, 11) is 1.25. The second-order valence-corrected chi connectivity index (χ2v) is 11.5. The van der Waals surface area contributed by atoms with Crippen LogP contribution in [0, 0.1) is 0 Å². The van der Waals surface area contributed by atoms with Gasteiger partial charge < -0.3 is 28.4 Å². The van der Waals surface area contributed by atoms with Crippen LogP contribution in [0.25, 0.3) is 6.08 Å². The topological polar surface area (TPSA) is 141 Å². The molecule has 0 saturated carbocycles. The number of fused-ring (bicyclic) bond motifs is 1. The van der Waals surface area contributed by atoms with E-state index in [4.69, 9.17) is 46.9 Å². The lowest BCUT2D eigenvalue weighted by Gasteiger charge is -2.25. The largest absolute Gasteiger partial charge is 0.490 e. The zero-order valence-electron chi connectivity index (χ0n) is 26.2. The maximum absolute atomic E-state index is 14.1. The van der Waals surface area contributed by atoms with Crippen LogP contribution in [0.2, 0.25) is 10.0 Å². The molecule has 2 heterocycles. The zero-order valence-corrected chi connectivity index (χ0v) is 28.5. The van der Waals surface area contributed by atoms with Gasteiger partial charge in [0.1, 0.15) is 0 Å². The monoisotopic (exact) mass is 706 g/mol. The molecule has 0 unspecified atom stereocenters. The molecule has 250 valence electrons. The molecular weight excluding hydrogens is 675 g/mol. The molecule has 12 nitrogen and oxygen atoms in total. The van der Waals surface area contributed by atoms with E-state index in [1.807, 2.05) is 0 Å². The van der Waals surface area contributed by atoms with Crippen molar-refractivity contribution in [2.75, 3.05) is 40.1 Å². The number of allylic oxidation sites excluding steroid dienone is 1. The van der Waals surface area contributed by atoms with E-state index in [1.54, 1.807) is 64.1 Å². The first-order valence-electron chi connectivity index (χ1n) is 14.5. The molecule has 0 radical (unpaired) electrons. The molecule has 15 heteroatoms. The van der Waals surface area contributed by atoms with Gasteiger partial charge in [-0.05, 0) is 69.2 Å². The number of carbonyl (C=O) groups is 3. The third-order valence-corrected chi connectivity index (χ3v) is 8.18. The highest BCUT2D eigenvalue weighted by atomic mass is 35.5. The SMILES string of the molecule is CCOC(=O)COc1c(Cl)cc(/C=c2\sc3n(c2=O)[C@H](c2ccc(OCC(=O)OC)c(OCC)c2)C(C(=O)OCC)=C(C)N=3)cc1Cl. The van der Waals surface area contributed by atoms with Crippen molar-refractivity contribution in [1.29, 1.82) is 0 Å². The molecule has 0 fully saturated rings. The second-order valence-electron chi connectivity index (χ2n) is 9.71. The van der Waals surface area contributed by atoms with Gasteiger partial charge >= 0.3 is 17.9 Å². The number of aromatic nitrogens is 1. The summed E-state index contributed by atoms with van der Waals surface area (Å²) in [6.07, 6.45) is 1.59. The van der Waals surface area contributed by atoms with Gasteiger partial charge in [0, 0.05) is 0 Å². The van der Waals surface area contributed by atoms with Crippen molar-refractivity contribution >= 4 is 58.5 Å². The smallest absolute Gasteiger partial charge is 0.344 e. The van der Waals surface area contributed by atoms with Crippen LogP contribution in [0.15, 0.2) is 51.4 Å². The summed E-state index contributed by atoms with van der Waals surface area (Å²) in [6, 6.07) is 7.05. The molecule has 0 N–H and O–H groups in total. The summed E-state index contributed by atoms with van der Waals surface area (Å²) >= 11 is 14.0. The number of benzene rings is 2. The minimum absolute atomic E-state index is 0.0961. The van der Waals surface area contributed by atoms with E-state index in [0.29, 0.717) is 27.4 Å². The summed E-state index contributed by atoms with van der Waals surface area (Å²) in [4.78, 5) is 55.7. The molecule has 0 aliphatic carbocycles. The molecule has 3 aromatic rings. The maximum atomic E-state index is 14.1. The lowest BCUT2D eigenvalue weighted by atomic mass is 9.95. The fourth-order valence-electron chi connectivity index (χ4n) is 4.67. The standard InChI is InChI=1S/C32H32Cl2N2O10S/c1-6-42-23-14-19(9-10-22(23)45-15-25(37)41-5)28-27(31(40)44-8-3)17(4)35-32-36(28)30(39)24(47-32)13-18-11-20(33)29(21(34)12-18)46-16-26(38)43-7-2/h9-14,28H,6-8,15-16H2,1-5H3/b24-13-/t28-/m1/s1. The first kappa shape index (κ1) is 35.5. The third kappa shape index (κ3) is 8.16. The van der Waals surface area contributed by atoms with Crippen molar-refractivity contribution in [3.8, 4) is 17.2 Å². The van der Waals surface area contributed by atoms with E-state index < -0.39 is 29.5 Å². The van der Waals surface area contributed by atoms with E-state index in [-0.39, 0.29) is 64.7 Å². The maximum Gasteiger partial charge on any atom is 0.344 e. The predicted octanol–water partition coefficient (Wildman–Crippen LogP) is 4.00. The van der Waals surface area contributed by atoms with Gasteiger partial charge in [0.15, 0.2) is 35.3 Å². The minimum atomic E-state index is -0.938. The molecule has 2 aromatic carbocycles. The summed E-state index contributed by atoms with van der Waals surface area (Å²) in [5.74, 6) is -1.12. The van der Waals surface area contributed by atoms with Crippen molar-refractivity contribution in [3.05, 3.63) is 82.5 Å². The van der Waals surface area contributed by atoms with E-state index in [1.165, 1.54) is 11.7 Å². The number of ether oxygens (including phenoxy) is 6. The van der Waals surface area contributed by atoms with Crippen LogP contribution in [-0.4, -0.2) is 62.6 Å². The first-order chi connectivity index (χ1) is 22.5. The Labute approximate surface area is 283 Å². The zero-order chi connectivity index (χ0) is 34.2. The van der Waals surface area contributed by atoms with Crippen LogP contribution < -0.4 is 29.1 Å². The van der Waals surface area contributed by atoms with Crippen LogP contribution in [0.3, 0.4) is 0 Å². The summed E-state index contributed by atoms with van der Waals surface area (Å²) in [5.41, 5.74) is 1.10. The van der Waals surface area contributed by atoms with Crippen LogP contribution >= 0.6 is 34.5 Å². The molecule has 0 spiro atoms. The van der Waals surface area contributed by atoms with Gasteiger partial charge in [-0.2, -0.15) is 0 Å². The van der Waals surface area contributed by atoms with Gasteiger partial charge in [-0.25, -0.2) is 19.4 Å². The van der Waals surface area contributed by atoms with Gasteiger partial charge in [0.2, 0.25) is 0 Å². The van der Waals surface area contributed by atoms with Crippen molar-refractivity contribution in [2.24, 2.45) is 4.99 Å². The van der Waals surface area contributed by atoms with E-state index >= 15 is 0 Å². The number of halogens is 2. The van der Waals surface area contributed by atoms with Crippen LogP contribution in [-0.2, 0) is 28.6 Å². The molecule has 1 atom stereocenters. The number of nitrogens with zero attached hydrogens (tertiary/aromatic N) is 2. The summed E-state index contributed by atoms with van der Waals surface area (Å²) in [6.45, 7) is 6.68. The van der Waals surface area contributed by atoms with Crippen molar-refractivity contribution in [3.63, 3.8) is 0 Å². The molecular formula is C32H32Cl2N2O10S. The molecule has 47 heavy (non-hydrogen) atoms. The summed E-state index contributed by atoms with van der Waals surface area (Å²) < 4.78 is 33.4. The van der Waals surface area contributed by atoms with E-state index in [9.17, 15) is 19.2 Å². The van der Waals surface area contributed by atoms with Crippen LogP contribution in [0.5, 0.6) is 17.2 Å². The second kappa shape index (κ2) is 16.0. The van der Waals surface area contributed by atoms with Gasteiger partial charge in [0.05, 0.1) is 58.8 Å². The summed E-state index contributed by atoms with van der Waals surface area (Å²) in [5, 5.41) is 0.245. The quantitative estimate of drug-likeness (QED) is 0.189. The van der Waals surface area contributed by atoms with Gasteiger partial charge in [-0.3, -0.25) is 9.36 Å². The average molecular weight is 708 g/mol. The minimum Gasteiger partial charge on any atom is -0.490 e. The fourth-order valence-corrected chi connectivity index (χ4v) is 6.33. The molecule has 0 amide bonds. The van der Waals surface area contributed by atoms with Crippen molar-refractivity contribution in [2.45, 2.75) is 33.7 Å². The lowest BCUT2D eigenvalue weighted by molar-refractivity contribution is -0.145. The molecule has 1 aromatic heterocycles. The number of thiazole rings is 1. The fraction of sp³-hybridized carbons (Fsp3) is 0.344. The lowest BCUT2D eigenvalue weighted by Crippen LogP contribution is -2.40. The van der Waals surface area contributed by atoms with Crippen molar-refractivity contribution < 1.29 is 42.8 Å². The Kier molecular flexibility index (Phi) is 12.1. The Hall–Kier alpha value is -4.33. The first-order valence-corrected chi connectivity index (χ1v) is 16.0. The normalized spacial score (nSPS) is 14.2. The molecule has 0 bridgehead atoms. The number of esters is 3. The molecule has 4 rings (SSSR count). The molecule has 1 aliphatic heterocycles.